The third-order valence-corrected chi connectivity index (χ3v) is 3.24. The first-order valence-electron chi connectivity index (χ1n) is 6.36. The Morgan fingerprint density at radius 2 is 1.10 bits per heavy atom. The third kappa shape index (κ3) is 2.21. The lowest BCUT2D eigenvalue weighted by atomic mass is 9.97. The van der Waals surface area contributed by atoms with Gasteiger partial charge in [0.2, 0.25) is 0 Å². The van der Waals surface area contributed by atoms with Crippen LogP contribution in [0.1, 0.15) is 0 Å². The molecule has 20 heavy (non-hydrogen) atoms. The number of benzene rings is 3. The summed E-state index contributed by atoms with van der Waals surface area (Å²) in [5.41, 5.74) is 1.71. The fourth-order valence-electron chi connectivity index (χ4n) is 2.26. The minimum Gasteiger partial charge on any atom is -0.206 e. The maximum atomic E-state index is 14.7. The largest absolute Gasteiger partial charge is 0.206 e. The monoisotopic (exact) mass is 266 g/mol. The molecule has 0 aliphatic carbocycles. The van der Waals surface area contributed by atoms with Crippen LogP contribution in [0.5, 0.6) is 0 Å². The number of halogens is 2. The summed E-state index contributed by atoms with van der Waals surface area (Å²) in [6.07, 6.45) is 0. The lowest BCUT2D eigenvalue weighted by Crippen LogP contribution is -1.93. The summed E-state index contributed by atoms with van der Waals surface area (Å²) in [5.74, 6) is -1.07. The quantitative estimate of drug-likeness (QED) is 0.590. The highest BCUT2D eigenvalue weighted by molar-refractivity contribution is 5.74. The predicted molar refractivity (Wildman–Crippen MR) is 77.2 cm³/mol. The highest BCUT2D eigenvalue weighted by Gasteiger charge is 2.16. The van der Waals surface area contributed by atoms with Gasteiger partial charge in [-0.15, -0.1) is 0 Å². The van der Waals surface area contributed by atoms with E-state index in [9.17, 15) is 8.78 Å². The Morgan fingerprint density at radius 3 is 1.70 bits per heavy atom. The van der Waals surface area contributed by atoms with Crippen LogP contribution in [-0.4, -0.2) is 0 Å². The minimum absolute atomic E-state index is 0.0203. The van der Waals surface area contributed by atoms with Crippen molar-refractivity contribution >= 4 is 0 Å². The van der Waals surface area contributed by atoms with Crippen LogP contribution in [-0.2, 0) is 0 Å². The van der Waals surface area contributed by atoms with Crippen molar-refractivity contribution in [1.82, 2.24) is 0 Å². The van der Waals surface area contributed by atoms with E-state index in [1.54, 1.807) is 24.3 Å². The molecule has 0 radical (unpaired) electrons. The summed E-state index contributed by atoms with van der Waals surface area (Å²) in [6.45, 7) is 0. The van der Waals surface area contributed by atoms with Crippen LogP contribution >= 0.6 is 0 Å². The molecule has 0 bridgehead atoms. The van der Waals surface area contributed by atoms with Crippen molar-refractivity contribution in [3.8, 4) is 22.3 Å². The lowest BCUT2D eigenvalue weighted by molar-refractivity contribution is 0.592. The first-order chi connectivity index (χ1) is 9.77. The van der Waals surface area contributed by atoms with Crippen LogP contribution in [0, 0.1) is 11.6 Å². The molecule has 3 aromatic rings. The molecule has 98 valence electrons. The summed E-state index contributed by atoms with van der Waals surface area (Å²) in [4.78, 5) is 0. The second kappa shape index (κ2) is 5.25. The molecule has 0 spiro atoms. The van der Waals surface area contributed by atoms with E-state index in [1.165, 1.54) is 12.1 Å². The van der Waals surface area contributed by atoms with Gasteiger partial charge in [-0.05, 0) is 23.3 Å². The summed E-state index contributed by atoms with van der Waals surface area (Å²) in [5, 5.41) is 0. The summed E-state index contributed by atoms with van der Waals surface area (Å²) in [6, 6.07) is 20.7. The van der Waals surface area contributed by atoms with E-state index in [4.69, 9.17) is 0 Å². The van der Waals surface area contributed by atoms with Gasteiger partial charge in [-0.1, -0.05) is 60.7 Å². The maximum absolute atomic E-state index is 14.7. The Kier molecular flexibility index (Phi) is 3.30. The van der Waals surface area contributed by atoms with Gasteiger partial charge in [-0.3, -0.25) is 0 Å². The zero-order valence-corrected chi connectivity index (χ0v) is 10.7. The van der Waals surface area contributed by atoms with Crippen LogP contribution in [0.15, 0.2) is 72.8 Å². The first kappa shape index (κ1) is 12.5. The highest BCUT2D eigenvalue weighted by atomic mass is 19.1. The molecule has 0 saturated heterocycles. The molecule has 0 nitrogen and oxygen atoms in total. The van der Waals surface area contributed by atoms with E-state index < -0.39 is 11.6 Å². The molecule has 3 aromatic carbocycles. The Balaban J connectivity index is 2.22. The van der Waals surface area contributed by atoms with Crippen molar-refractivity contribution in [2.75, 3.05) is 0 Å². The van der Waals surface area contributed by atoms with E-state index in [0.717, 1.165) is 5.56 Å². The van der Waals surface area contributed by atoms with E-state index in [0.29, 0.717) is 11.1 Å². The summed E-state index contributed by atoms with van der Waals surface area (Å²) < 4.78 is 28.7. The predicted octanol–water partition coefficient (Wildman–Crippen LogP) is 5.30. The van der Waals surface area contributed by atoms with E-state index in [-0.39, 0.29) is 5.56 Å². The first-order valence-corrected chi connectivity index (χ1v) is 6.36. The van der Waals surface area contributed by atoms with Gasteiger partial charge in [0.25, 0.3) is 0 Å². The Labute approximate surface area is 116 Å². The molecule has 0 aromatic heterocycles. The van der Waals surface area contributed by atoms with Crippen LogP contribution in [0.25, 0.3) is 22.3 Å². The van der Waals surface area contributed by atoms with Crippen molar-refractivity contribution < 1.29 is 8.78 Å². The molecule has 3 rings (SSSR count). The summed E-state index contributed by atoms with van der Waals surface area (Å²) in [7, 11) is 0. The maximum Gasteiger partial charge on any atom is 0.141 e. The van der Waals surface area contributed by atoms with Crippen molar-refractivity contribution in [3.05, 3.63) is 84.4 Å². The zero-order chi connectivity index (χ0) is 13.9. The molecule has 0 aliphatic rings. The van der Waals surface area contributed by atoms with Gasteiger partial charge in [-0.25, -0.2) is 8.78 Å². The van der Waals surface area contributed by atoms with Gasteiger partial charge in [-0.2, -0.15) is 0 Å². The summed E-state index contributed by atoms with van der Waals surface area (Å²) >= 11 is 0. The second-order valence-electron chi connectivity index (χ2n) is 4.52. The van der Waals surface area contributed by atoms with Gasteiger partial charge < -0.3 is 0 Å². The van der Waals surface area contributed by atoms with E-state index in [1.807, 2.05) is 36.4 Å². The fraction of sp³-hybridized carbons (Fsp3) is 0. The fourth-order valence-corrected chi connectivity index (χ4v) is 2.26. The van der Waals surface area contributed by atoms with E-state index in [2.05, 4.69) is 0 Å². The molecular weight excluding hydrogens is 254 g/mol. The molecule has 2 heteroatoms. The van der Waals surface area contributed by atoms with Gasteiger partial charge in [0.15, 0.2) is 0 Å². The molecule has 0 unspecified atom stereocenters. The SMILES string of the molecule is Fc1ccc(-c2ccccc2)c(F)c1-c1ccccc1. The molecule has 0 N–H and O–H groups in total. The number of hydrogen-bond donors (Lipinski definition) is 0. The Hall–Kier alpha value is -2.48. The number of rotatable bonds is 2. The highest BCUT2D eigenvalue weighted by Crippen LogP contribution is 2.32. The van der Waals surface area contributed by atoms with Gasteiger partial charge in [0.05, 0.1) is 5.56 Å². The van der Waals surface area contributed by atoms with Gasteiger partial charge in [0, 0.05) is 5.56 Å². The lowest BCUT2D eigenvalue weighted by Gasteiger charge is -2.10. The molecule has 0 saturated carbocycles. The van der Waals surface area contributed by atoms with Crippen LogP contribution in [0.3, 0.4) is 0 Å². The van der Waals surface area contributed by atoms with Crippen molar-refractivity contribution in [3.63, 3.8) is 0 Å². The van der Waals surface area contributed by atoms with Gasteiger partial charge in [0.1, 0.15) is 11.6 Å². The average Bonchev–Trinajstić information content (AvgIpc) is 2.49. The number of hydrogen-bond acceptors (Lipinski definition) is 0. The Bertz CT molecular complexity index is 719. The molecule has 0 atom stereocenters. The average molecular weight is 266 g/mol. The second-order valence-corrected chi connectivity index (χ2v) is 4.52. The smallest absolute Gasteiger partial charge is 0.141 e. The molecule has 0 heterocycles. The zero-order valence-electron chi connectivity index (χ0n) is 10.7. The standard InChI is InChI=1S/C18H12F2/c19-16-12-11-15(13-7-3-1-4-8-13)18(20)17(16)14-9-5-2-6-10-14/h1-12H. The molecule has 0 aliphatic heterocycles. The van der Waals surface area contributed by atoms with Crippen molar-refractivity contribution in [2.24, 2.45) is 0 Å². The van der Waals surface area contributed by atoms with Crippen LogP contribution in [0.2, 0.25) is 0 Å². The van der Waals surface area contributed by atoms with Crippen molar-refractivity contribution in [1.29, 1.82) is 0 Å². The minimum atomic E-state index is -0.548. The molecule has 0 amide bonds. The molecular formula is C18H12F2. The Morgan fingerprint density at radius 1 is 0.550 bits per heavy atom. The third-order valence-electron chi connectivity index (χ3n) is 3.24. The van der Waals surface area contributed by atoms with E-state index >= 15 is 0 Å². The topological polar surface area (TPSA) is 0 Å². The van der Waals surface area contributed by atoms with Crippen LogP contribution < -0.4 is 0 Å². The van der Waals surface area contributed by atoms with Gasteiger partial charge >= 0.3 is 0 Å². The van der Waals surface area contributed by atoms with Crippen molar-refractivity contribution in [2.45, 2.75) is 0 Å². The molecule has 0 fully saturated rings. The normalized spacial score (nSPS) is 10.5. The van der Waals surface area contributed by atoms with Crippen LogP contribution in [0.4, 0.5) is 8.78 Å².